The van der Waals surface area contributed by atoms with Crippen LogP contribution in [0.3, 0.4) is 0 Å². The number of nitrogens with zero attached hydrogens (tertiary/aromatic N) is 1. The summed E-state index contributed by atoms with van der Waals surface area (Å²) in [5.74, 6) is 0.590. The first-order valence-corrected chi connectivity index (χ1v) is 3.58. The Morgan fingerprint density at radius 1 is 1.42 bits per heavy atom. The van der Waals surface area contributed by atoms with E-state index in [1.54, 1.807) is 12.1 Å². The van der Waals surface area contributed by atoms with Crippen LogP contribution >= 0.6 is 0 Å². The number of fused-ring (bicyclic) bond motifs is 1. The van der Waals surface area contributed by atoms with Gasteiger partial charge < -0.3 is 10.7 Å². The number of nitrogen functional groups attached to an aromatic ring is 1. The average Bonchev–Trinajstić information content (AvgIpc) is 2.44. The molecule has 0 unspecified atom stereocenters. The Morgan fingerprint density at radius 2 is 2.25 bits per heavy atom. The fourth-order valence-electron chi connectivity index (χ4n) is 1.27. The van der Waals surface area contributed by atoms with E-state index in [1.165, 1.54) is 0 Å². The molecule has 2 aromatic rings. The van der Waals surface area contributed by atoms with Crippen LogP contribution < -0.4 is 5.73 Å². The molecule has 0 saturated heterocycles. The summed E-state index contributed by atoms with van der Waals surface area (Å²) < 4.78 is 0. The number of nitrogens with two attached hydrogens (primary N) is 1. The zero-order valence-electron chi connectivity index (χ0n) is 6.33. The van der Waals surface area contributed by atoms with Gasteiger partial charge in [0, 0.05) is 10.9 Å². The number of rotatable bonds is 0. The number of nitrogens with one attached hydrogen (secondary N) is 1. The van der Waals surface area contributed by atoms with Crippen molar-refractivity contribution < 1.29 is 0 Å². The Bertz CT molecular complexity index is 462. The second kappa shape index (κ2) is 2.28. The summed E-state index contributed by atoms with van der Waals surface area (Å²) in [5.41, 5.74) is 7.11. The smallest absolute Gasteiger partial charge is 0.101 e. The molecule has 0 aliphatic carbocycles. The highest BCUT2D eigenvalue weighted by Gasteiger charge is 2.01. The molecule has 0 aliphatic rings. The van der Waals surface area contributed by atoms with E-state index in [1.807, 2.05) is 12.1 Å². The molecule has 0 amide bonds. The minimum Gasteiger partial charge on any atom is -0.385 e. The zero-order valence-corrected chi connectivity index (χ0v) is 6.33. The minimum atomic E-state index is 0.590. The number of hydrogen-bond acceptors (Lipinski definition) is 2. The largest absolute Gasteiger partial charge is 0.385 e. The molecular weight excluding hydrogens is 150 g/mol. The van der Waals surface area contributed by atoms with Gasteiger partial charge in [-0.05, 0) is 18.2 Å². The summed E-state index contributed by atoms with van der Waals surface area (Å²) >= 11 is 0. The van der Waals surface area contributed by atoms with Gasteiger partial charge in [0.2, 0.25) is 0 Å². The Balaban J connectivity index is 2.89. The number of aromatic amines is 1. The van der Waals surface area contributed by atoms with Crippen LogP contribution in [0.5, 0.6) is 0 Å². The third kappa shape index (κ3) is 0.823. The summed E-state index contributed by atoms with van der Waals surface area (Å²) in [5, 5.41) is 9.63. The molecule has 1 aromatic carbocycles. The first kappa shape index (κ1) is 6.74. The topological polar surface area (TPSA) is 65.6 Å². The van der Waals surface area contributed by atoms with E-state index < -0.39 is 0 Å². The first-order chi connectivity index (χ1) is 5.81. The highest BCUT2D eigenvalue weighted by molar-refractivity contribution is 5.88. The Hall–Kier alpha value is -1.95. The SMILES string of the molecule is N#Cc1cccc2[nH]c(N)cc12. The summed E-state index contributed by atoms with van der Waals surface area (Å²) in [4.78, 5) is 2.96. The van der Waals surface area contributed by atoms with Gasteiger partial charge in [-0.2, -0.15) is 5.26 Å². The second-order valence-corrected chi connectivity index (χ2v) is 2.60. The molecule has 1 heterocycles. The monoisotopic (exact) mass is 157 g/mol. The van der Waals surface area contributed by atoms with Gasteiger partial charge in [0.25, 0.3) is 0 Å². The fraction of sp³-hybridized carbons (Fsp3) is 0. The predicted molar refractivity (Wildman–Crippen MR) is 47.4 cm³/mol. The molecule has 0 aliphatic heterocycles. The van der Waals surface area contributed by atoms with E-state index in [0.29, 0.717) is 11.4 Å². The van der Waals surface area contributed by atoms with Crippen molar-refractivity contribution in [3.8, 4) is 6.07 Å². The maximum absolute atomic E-state index is 8.74. The van der Waals surface area contributed by atoms with E-state index in [2.05, 4.69) is 11.1 Å². The number of nitriles is 1. The van der Waals surface area contributed by atoms with Crippen LogP contribution in [0, 0.1) is 11.3 Å². The molecular formula is C9H7N3. The lowest BCUT2D eigenvalue weighted by Crippen LogP contribution is -1.80. The van der Waals surface area contributed by atoms with Crippen molar-refractivity contribution in [2.45, 2.75) is 0 Å². The highest BCUT2D eigenvalue weighted by Crippen LogP contribution is 2.19. The molecule has 3 nitrogen and oxygen atoms in total. The number of anilines is 1. The molecule has 0 radical (unpaired) electrons. The van der Waals surface area contributed by atoms with Gasteiger partial charge in [0.1, 0.15) is 5.82 Å². The lowest BCUT2D eigenvalue weighted by atomic mass is 10.1. The lowest BCUT2D eigenvalue weighted by molar-refractivity contribution is 1.47. The third-order valence-electron chi connectivity index (χ3n) is 1.81. The van der Waals surface area contributed by atoms with Crippen molar-refractivity contribution >= 4 is 16.7 Å². The molecule has 0 fully saturated rings. The predicted octanol–water partition coefficient (Wildman–Crippen LogP) is 1.62. The Kier molecular flexibility index (Phi) is 1.28. The first-order valence-electron chi connectivity index (χ1n) is 3.58. The highest BCUT2D eigenvalue weighted by atomic mass is 14.8. The van der Waals surface area contributed by atoms with E-state index in [4.69, 9.17) is 11.0 Å². The van der Waals surface area contributed by atoms with Crippen molar-refractivity contribution in [1.29, 1.82) is 5.26 Å². The molecule has 12 heavy (non-hydrogen) atoms. The van der Waals surface area contributed by atoms with Crippen LogP contribution in [-0.2, 0) is 0 Å². The maximum Gasteiger partial charge on any atom is 0.101 e. The molecule has 0 atom stereocenters. The van der Waals surface area contributed by atoms with E-state index in [0.717, 1.165) is 10.9 Å². The fourth-order valence-corrected chi connectivity index (χ4v) is 1.27. The van der Waals surface area contributed by atoms with Gasteiger partial charge in [-0.15, -0.1) is 0 Å². The standard InChI is InChI=1S/C9H7N3/c10-5-6-2-1-3-8-7(6)4-9(11)12-8/h1-4,12H,11H2. The van der Waals surface area contributed by atoms with Gasteiger partial charge in [0.05, 0.1) is 11.6 Å². The summed E-state index contributed by atoms with van der Waals surface area (Å²) in [6.07, 6.45) is 0. The molecule has 2 rings (SSSR count). The molecule has 3 heteroatoms. The van der Waals surface area contributed by atoms with E-state index in [-0.39, 0.29) is 0 Å². The maximum atomic E-state index is 8.74. The molecule has 3 N–H and O–H groups in total. The van der Waals surface area contributed by atoms with Crippen molar-refractivity contribution in [3.05, 3.63) is 29.8 Å². The van der Waals surface area contributed by atoms with Crippen LogP contribution in [0.2, 0.25) is 0 Å². The number of hydrogen-bond donors (Lipinski definition) is 2. The Labute approximate surface area is 69.4 Å². The Morgan fingerprint density at radius 3 is 3.00 bits per heavy atom. The summed E-state index contributed by atoms with van der Waals surface area (Å²) in [6, 6.07) is 9.38. The zero-order chi connectivity index (χ0) is 8.55. The van der Waals surface area contributed by atoms with Gasteiger partial charge in [-0.1, -0.05) is 6.07 Å². The average molecular weight is 157 g/mol. The normalized spacial score (nSPS) is 9.92. The van der Waals surface area contributed by atoms with Gasteiger partial charge >= 0.3 is 0 Å². The summed E-state index contributed by atoms with van der Waals surface area (Å²) in [6.45, 7) is 0. The van der Waals surface area contributed by atoms with Crippen molar-refractivity contribution in [1.82, 2.24) is 4.98 Å². The summed E-state index contributed by atoms with van der Waals surface area (Å²) in [7, 11) is 0. The third-order valence-corrected chi connectivity index (χ3v) is 1.81. The lowest BCUT2D eigenvalue weighted by Gasteiger charge is -1.89. The van der Waals surface area contributed by atoms with Gasteiger partial charge in [-0.3, -0.25) is 0 Å². The quantitative estimate of drug-likeness (QED) is 0.610. The number of aromatic nitrogens is 1. The van der Waals surface area contributed by atoms with Crippen LogP contribution in [0.4, 0.5) is 5.82 Å². The van der Waals surface area contributed by atoms with E-state index >= 15 is 0 Å². The second-order valence-electron chi connectivity index (χ2n) is 2.60. The van der Waals surface area contributed by atoms with Crippen LogP contribution in [0.15, 0.2) is 24.3 Å². The number of H-pyrrole nitrogens is 1. The van der Waals surface area contributed by atoms with Gasteiger partial charge in [0.15, 0.2) is 0 Å². The minimum absolute atomic E-state index is 0.590. The van der Waals surface area contributed by atoms with Crippen molar-refractivity contribution in [2.24, 2.45) is 0 Å². The molecule has 1 aromatic heterocycles. The van der Waals surface area contributed by atoms with Crippen molar-refractivity contribution in [3.63, 3.8) is 0 Å². The van der Waals surface area contributed by atoms with Gasteiger partial charge in [-0.25, -0.2) is 0 Å². The molecule has 0 saturated carbocycles. The molecule has 0 spiro atoms. The van der Waals surface area contributed by atoms with Crippen LogP contribution in [-0.4, -0.2) is 4.98 Å². The molecule has 0 bridgehead atoms. The molecule has 58 valence electrons. The van der Waals surface area contributed by atoms with Crippen LogP contribution in [0.1, 0.15) is 5.56 Å². The van der Waals surface area contributed by atoms with Crippen LogP contribution in [0.25, 0.3) is 10.9 Å². The van der Waals surface area contributed by atoms with E-state index in [9.17, 15) is 0 Å². The van der Waals surface area contributed by atoms with Crippen molar-refractivity contribution in [2.75, 3.05) is 5.73 Å². The number of benzene rings is 1.